The molecule has 0 saturated carbocycles. The normalized spacial score (nSPS) is 14.0. The van der Waals surface area contributed by atoms with Gasteiger partial charge in [-0.25, -0.2) is 0 Å². The zero-order chi connectivity index (χ0) is 16.2. The molecule has 0 N–H and O–H groups in total. The molecule has 2 unspecified atom stereocenters. The molecule has 0 nitrogen and oxygen atoms in total. The van der Waals surface area contributed by atoms with Crippen molar-refractivity contribution in [3.05, 3.63) is 35.4 Å². The summed E-state index contributed by atoms with van der Waals surface area (Å²) >= 11 is 2.67. The SMILES string of the molecule is CCCCCCCCCCCC(I)C(C)c1ccccc1C. The lowest BCUT2D eigenvalue weighted by atomic mass is 9.91. The Bertz CT molecular complexity index is 385. The fourth-order valence-corrected chi connectivity index (χ4v) is 4.02. The van der Waals surface area contributed by atoms with Crippen LogP contribution in [0.2, 0.25) is 0 Å². The lowest BCUT2D eigenvalue weighted by Gasteiger charge is -2.20. The Labute approximate surface area is 152 Å². The van der Waals surface area contributed by atoms with Crippen LogP contribution in [0.1, 0.15) is 95.1 Å². The van der Waals surface area contributed by atoms with Gasteiger partial charge in [-0.05, 0) is 30.4 Å². The van der Waals surface area contributed by atoms with E-state index in [1.165, 1.54) is 75.3 Å². The molecule has 0 heterocycles. The van der Waals surface area contributed by atoms with E-state index in [2.05, 4.69) is 67.6 Å². The molecule has 126 valence electrons. The molecule has 0 spiro atoms. The van der Waals surface area contributed by atoms with E-state index < -0.39 is 0 Å². The van der Waals surface area contributed by atoms with Gasteiger partial charge < -0.3 is 0 Å². The Morgan fingerprint density at radius 2 is 1.41 bits per heavy atom. The van der Waals surface area contributed by atoms with E-state index in [9.17, 15) is 0 Å². The van der Waals surface area contributed by atoms with Gasteiger partial charge in [0.05, 0.1) is 0 Å². The molecule has 0 aliphatic carbocycles. The van der Waals surface area contributed by atoms with E-state index in [0.29, 0.717) is 5.92 Å². The van der Waals surface area contributed by atoms with Gasteiger partial charge in [-0.1, -0.05) is 118 Å². The topological polar surface area (TPSA) is 0 Å². The van der Waals surface area contributed by atoms with Crippen molar-refractivity contribution in [1.82, 2.24) is 0 Å². The molecule has 1 rings (SSSR count). The maximum absolute atomic E-state index is 2.67. The van der Waals surface area contributed by atoms with Crippen molar-refractivity contribution in [2.45, 2.75) is 94.8 Å². The summed E-state index contributed by atoms with van der Waals surface area (Å²) in [6, 6.07) is 8.88. The highest BCUT2D eigenvalue weighted by atomic mass is 127. The molecule has 2 atom stereocenters. The zero-order valence-corrected chi connectivity index (χ0v) is 17.1. The number of halogens is 1. The maximum Gasteiger partial charge on any atom is 0.0176 e. The van der Waals surface area contributed by atoms with Crippen LogP contribution in [0.3, 0.4) is 0 Å². The van der Waals surface area contributed by atoms with Crippen LogP contribution in [-0.4, -0.2) is 3.92 Å². The third-order valence-electron chi connectivity index (χ3n) is 4.81. The molecule has 0 aliphatic heterocycles. The minimum atomic E-state index is 0.677. The lowest BCUT2D eigenvalue weighted by molar-refractivity contribution is 0.545. The van der Waals surface area contributed by atoms with Gasteiger partial charge in [0.1, 0.15) is 0 Å². The zero-order valence-electron chi connectivity index (χ0n) is 14.9. The van der Waals surface area contributed by atoms with Crippen molar-refractivity contribution in [3.63, 3.8) is 0 Å². The van der Waals surface area contributed by atoms with Gasteiger partial charge in [0.2, 0.25) is 0 Å². The molecule has 1 aromatic carbocycles. The summed E-state index contributed by atoms with van der Waals surface area (Å²) in [6.45, 7) is 6.93. The summed E-state index contributed by atoms with van der Waals surface area (Å²) in [5.74, 6) is 0.677. The van der Waals surface area contributed by atoms with Gasteiger partial charge in [-0.3, -0.25) is 0 Å². The Kier molecular flexibility index (Phi) is 11.3. The highest BCUT2D eigenvalue weighted by Gasteiger charge is 2.16. The molecule has 0 aliphatic rings. The second-order valence-corrected chi connectivity index (χ2v) is 8.38. The van der Waals surface area contributed by atoms with Crippen LogP contribution < -0.4 is 0 Å². The molecule has 0 aromatic heterocycles. The van der Waals surface area contributed by atoms with E-state index in [-0.39, 0.29) is 0 Å². The standard InChI is InChI=1S/C21H35I/c1-4-5-6-7-8-9-10-11-12-17-21(22)19(3)20-16-14-13-15-18(20)2/h13-16,19,21H,4-12,17H2,1-3H3. The minimum Gasteiger partial charge on any atom is -0.0820 e. The van der Waals surface area contributed by atoms with Gasteiger partial charge in [0.25, 0.3) is 0 Å². The van der Waals surface area contributed by atoms with E-state index in [4.69, 9.17) is 0 Å². The highest BCUT2D eigenvalue weighted by Crippen LogP contribution is 2.30. The Balaban J connectivity index is 2.11. The van der Waals surface area contributed by atoms with Crippen molar-refractivity contribution in [1.29, 1.82) is 0 Å². The second kappa shape index (κ2) is 12.4. The van der Waals surface area contributed by atoms with Crippen molar-refractivity contribution >= 4 is 22.6 Å². The number of rotatable bonds is 12. The summed E-state index contributed by atoms with van der Waals surface area (Å²) in [5.41, 5.74) is 2.99. The molecular weight excluding hydrogens is 379 g/mol. The molecule has 1 aromatic rings. The van der Waals surface area contributed by atoms with Crippen LogP contribution in [0.15, 0.2) is 24.3 Å². The first kappa shape index (κ1) is 20.0. The first-order valence-electron chi connectivity index (χ1n) is 9.36. The van der Waals surface area contributed by atoms with Crippen molar-refractivity contribution < 1.29 is 0 Å². The summed E-state index contributed by atoms with van der Waals surface area (Å²) in [5, 5.41) is 0. The van der Waals surface area contributed by atoms with Gasteiger partial charge >= 0.3 is 0 Å². The third kappa shape index (κ3) is 7.99. The van der Waals surface area contributed by atoms with Crippen LogP contribution >= 0.6 is 22.6 Å². The largest absolute Gasteiger partial charge is 0.0820 e. The molecule has 0 saturated heterocycles. The Hall–Kier alpha value is -0.0500. The van der Waals surface area contributed by atoms with Crippen LogP contribution in [0.5, 0.6) is 0 Å². The quantitative estimate of drug-likeness (QED) is 0.186. The molecular formula is C21H35I. The molecule has 22 heavy (non-hydrogen) atoms. The van der Waals surface area contributed by atoms with Crippen molar-refractivity contribution in [2.75, 3.05) is 0 Å². The molecule has 0 radical (unpaired) electrons. The predicted molar refractivity (Wildman–Crippen MR) is 109 cm³/mol. The molecule has 0 fully saturated rings. The summed E-state index contributed by atoms with van der Waals surface area (Å²) in [7, 11) is 0. The number of unbranched alkanes of at least 4 members (excludes halogenated alkanes) is 8. The highest BCUT2D eigenvalue weighted by molar-refractivity contribution is 14.1. The smallest absolute Gasteiger partial charge is 0.0176 e. The summed E-state index contributed by atoms with van der Waals surface area (Å²) in [6.07, 6.45) is 14.2. The maximum atomic E-state index is 2.67. The first-order valence-corrected chi connectivity index (χ1v) is 10.6. The number of alkyl halides is 1. The average Bonchev–Trinajstić information content (AvgIpc) is 2.53. The number of hydrogen-bond donors (Lipinski definition) is 0. The van der Waals surface area contributed by atoms with Crippen LogP contribution in [-0.2, 0) is 0 Å². The van der Waals surface area contributed by atoms with Crippen LogP contribution in [0, 0.1) is 6.92 Å². The van der Waals surface area contributed by atoms with Gasteiger partial charge in [-0.15, -0.1) is 0 Å². The van der Waals surface area contributed by atoms with E-state index in [1.54, 1.807) is 0 Å². The van der Waals surface area contributed by atoms with E-state index in [1.807, 2.05) is 0 Å². The lowest BCUT2D eigenvalue weighted by Crippen LogP contribution is -2.10. The monoisotopic (exact) mass is 414 g/mol. The van der Waals surface area contributed by atoms with E-state index in [0.717, 1.165) is 3.92 Å². The molecule has 0 bridgehead atoms. The van der Waals surface area contributed by atoms with Crippen LogP contribution in [0.25, 0.3) is 0 Å². The van der Waals surface area contributed by atoms with Gasteiger partial charge in [-0.2, -0.15) is 0 Å². The van der Waals surface area contributed by atoms with Gasteiger partial charge in [0.15, 0.2) is 0 Å². The van der Waals surface area contributed by atoms with Crippen molar-refractivity contribution in [3.8, 4) is 0 Å². The minimum absolute atomic E-state index is 0.677. The summed E-state index contributed by atoms with van der Waals surface area (Å²) in [4.78, 5) is 0. The first-order chi connectivity index (χ1) is 10.7. The summed E-state index contributed by atoms with van der Waals surface area (Å²) < 4.78 is 0.767. The molecule has 1 heteroatoms. The fourth-order valence-electron chi connectivity index (χ4n) is 3.19. The Morgan fingerprint density at radius 3 is 2.00 bits per heavy atom. The van der Waals surface area contributed by atoms with Gasteiger partial charge in [0, 0.05) is 3.92 Å². The number of benzene rings is 1. The Morgan fingerprint density at radius 1 is 0.864 bits per heavy atom. The average molecular weight is 414 g/mol. The number of aryl methyl sites for hydroxylation is 1. The van der Waals surface area contributed by atoms with E-state index >= 15 is 0 Å². The molecule has 0 amide bonds. The van der Waals surface area contributed by atoms with Crippen molar-refractivity contribution in [2.24, 2.45) is 0 Å². The second-order valence-electron chi connectivity index (χ2n) is 6.78. The third-order valence-corrected chi connectivity index (χ3v) is 6.51. The van der Waals surface area contributed by atoms with Crippen LogP contribution in [0.4, 0.5) is 0 Å². The predicted octanol–water partition coefficient (Wildman–Crippen LogP) is 7.82. The number of hydrogen-bond acceptors (Lipinski definition) is 0. The fraction of sp³-hybridized carbons (Fsp3) is 0.714.